The van der Waals surface area contributed by atoms with Crippen LogP contribution in [-0.4, -0.2) is 25.7 Å². The molecular formula is C19H17N5O2. The second kappa shape index (κ2) is 6.72. The number of nitrogens with zero attached hydrogens (tertiary/aromatic N) is 2. The third-order valence-electron chi connectivity index (χ3n) is 4.10. The van der Waals surface area contributed by atoms with Crippen molar-refractivity contribution in [3.8, 4) is 5.69 Å². The average molecular weight is 347 g/mol. The van der Waals surface area contributed by atoms with Gasteiger partial charge in [0.2, 0.25) is 5.91 Å². The number of nitrogens with one attached hydrogen (secondary N) is 3. The van der Waals surface area contributed by atoms with Crippen molar-refractivity contribution < 1.29 is 4.79 Å². The van der Waals surface area contributed by atoms with Crippen LogP contribution in [-0.2, 0) is 11.2 Å². The first-order chi connectivity index (χ1) is 12.7. The quantitative estimate of drug-likeness (QED) is 0.518. The molecule has 7 nitrogen and oxygen atoms in total. The van der Waals surface area contributed by atoms with Gasteiger partial charge in [0.1, 0.15) is 0 Å². The molecule has 0 radical (unpaired) electrons. The van der Waals surface area contributed by atoms with E-state index in [9.17, 15) is 9.59 Å². The van der Waals surface area contributed by atoms with Gasteiger partial charge < -0.3 is 15.3 Å². The van der Waals surface area contributed by atoms with Gasteiger partial charge >= 0.3 is 5.69 Å². The normalized spacial score (nSPS) is 10.9. The van der Waals surface area contributed by atoms with Crippen LogP contribution in [0.4, 0.5) is 5.69 Å². The zero-order valence-corrected chi connectivity index (χ0v) is 13.9. The lowest BCUT2D eigenvalue weighted by molar-refractivity contribution is -0.116. The fourth-order valence-electron chi connectivity index (χ4n) is 2.80. The van der Waals surface area contributed by atoms with Crippen molar-refractivity contribution >= 4 is 22.6 Å². The molecule has 0 aliphatic heterocycles. The highest BCUT2D eigenvalue weighted by molar-refractivity contribution is 5.93. The minimum Gasteiger partial charge on any atom is -0.326 e. The highest BCUT2D eigenvalue weighted by Gasteiger charge is 2.07. The number of aromatic amines is 2. The number of H-pyrrole nitrogens is 2. The van der Waals surface area contributed by atoms with Crippen LogP contribution >= 0.6 is 0 Å². The van der Waals surface area contributed by atoms with Crippen molar-refractivity contribution in [3.05, 3.63) is 77.0 Å². The van der Waals surface area contributed by atoms with E-state index in [-0.39, 0.29) is 11.6 Å². The standard InChI is InChI=1S/C19H17N5O2/c25-18(21-14-7-8-16-17(10-14)23-19(26)22-16)9-6-13-11-20-24(12-13)15-4-2-1-3-5-15/h1-5,7-8,10-12H,6,9H2,(H,21,25)(H2,22,23,26). The van der Waals surface area contributed by atoms with Gasteiger partial charge in [0.15, 0.2) is 0 Å². The lowest BCUT2D eigenvalue weighted by Crippen LogP contribution is -2.12. The Balaban J connectivity index is 1.37. The van der Waals surface area contributed by atoms with E-state index >= 15 is 0 Å². The Morgan fingerprint density at radius 2 is 1.88 bits per heavy atom. The summed E-state index contributed by atoms with van der Waals surface area (Å²) in [4.78, 5) is 28.8. The van der Waals surface area contributed by atoms with Crippen LogP contribution in [0, 0.1) is 0 Å². The molecule has 3 N–H and O–H groups in total. The lowest BCUT2D eigenvalue weighted by Gasteiger charge is -2.04. The second-order valence-electron chi connectivity index (χ2n) is 6.02. The van der Waals surface area contributed by atoms with Crippen molar-refractivity contribution in [1.82, 2.24) is 19.7 Å². The summed E-state index contributed by atoms with van der Waals surface area (Å²) in [5.41, 5.74) is 3.74. The molecule has 4 aromatic rings. The molecule has 2 heterocycles. The summed E-state index contributed by atoms with van der Waals surface area (Å²) in [7, 11) is 0. The summed E-state index contributed by atoms with van der Waals surface area (Å²) in [5.74, 6) is -0.0882. The third kappa shape index (κ3) is 3.41. The molecule has 2 aromatic carbocycles. The minimum atomic E-state index is -0.265. The molecule has 0 fully saturated rings. The highest BCUT2D eigenvalue weighted by atomic mass is 16.1. The van der Waals surface area contributed by atoms with E-state index in [1.165, 1.54) is 0 Å². The molecule has 0 unspecified atom stereocenters. The van der Waals surface area contributed by atoms with Crippen LogP contribution in [0.3, 0.4) is 0 Å². The van der Waals surface area contributed by atoms with Crippen LogP contribution in [0.2, 0.25) is 0 Å². The summed E-state index contributed by atoms with van der Waals surface area (Å²) in [6.07, 6.45) is 4.65. The summed E-state index contributed by atoms with van der Waals surface area (Å²) in [6.45, 7) is 0. The molecular weight excluding hydrogens is 330 g/mol. The molecule has 0 saturated heterocycles. The molecule has 130 valence electrons. The van der Waals surface area contributed by atoms with Crippen LogP contribution in [0.15, 0.2) is 65.7 Å². The monoisotopic (exact) mass is 347 g/mol. The summed E-state index contributed by atoms with van der Waals surface area (Å²) in [5, 5.41) is 7.18. The number of carbonyl (C=O) groups excluding carboxylic acids is 1. The molecule has 0 spiro atoms. The van der Waals surface area contributed by atoms with Crippen molar-refractivity contribution in [1.29, 1.82) is 0 Å². The molecule has 0 aliphatic carbocycles. The van der Waals surface area contributed by atoms with Gasteiger partial charge in [0, 0.05) is 18.3 Å². The van der Waals surface area contributed by atoms with Crippen molar-refractivity contribution in [2.24, 2.45) is 0 Å². The first kappa shape index (κ1) is 15.9. The molecule has 0 saturated carbocycles. The van der Waals surface area contributed by atoms with Gasteiger partial charge in [0.25, 0.3) is 0 Å². The lowest BCUT2D eigenvalue weighted by atomic mass is 10.2. The number of anilines is 1. The maximum absolute atomic E-state index is 12.2. The Morgan fingerprint density at radius 3 is 2.73 bits per heavy atom. The molecule has 0 atom stereocenters. The van der Waals surface area contributed by atoms with Gasteiger partial charge in [-0.2, -0.15) is 5.10 Å². The Kier molecular flexibility index (Phi) is 4.10. The van der Waals surface area contributed by atoms with Gasteiger partial charge in [-0.25, -0.2) is 9.48 Å². The van der Waals surface area contributed by atoms with Gasteiger partial charge in [-0.05, 0) is 42.3 Å². The maximum Gasteiger partial charge on any atom is 0.323 e. The highest BCUT2D eigenvalue weighted by Crippen LogP contribution is 2.15. The number of carbonyl (C=O) groups is 1. The number of fused-ring (bicyclic) bond motifs is 1. The number of hydrogen-bond donors (Lipinski definition) is 3. The predicted octanol–water partition coefficient (Wildman–Crippen LogP) is 2.61. The minimum absolute atomic E-state index is 0.0882. The molecule has 4 rings (SSSR count). The van der Waals surface area contributed by atoms with E-state index in [0.29, 0.717) is 29.6 Å². The first-order valence-electron chi connectivity index (χ1n) is 8.28. The Labute approximate surface area is 148 Å². The third-order valence-corrected chi connectivity index (χ3v) is 4.10. The molecule has 2 aromatic heterocycles. The molecule has 26 heavy (non-hydrogen) atoms. The maximum atomic E-state index is 12.2. The fourth-order valence-corrected chi connectivity index (χ4v) is 2.80. The van der Waals surface area contributed by atoms with Crippen LogP contribution in [0.1, 0.15) is 12.0 Å². The van der Waals surface area contributed by atoms with Crippen LogP contribution < -0.4 is 11.0 Å². The first-order valence-corrected chi connectivity index (χ1v) is 8.28. The molecule has 0 bridgehead atoms. The SMILES string of the molecule is O=C(CCc1cnn(-c2ccccc2)c1)Nc1ccc2[nH]c(=O)[nH]c2c1. The zero-order chi connectivity index (χ0) is 17.9. The number of para-hydroxylation sites is 1. The smallest absolute Gasteiger partial charge is 0.323 e. The van der Waals surface area contributed by atoms with Gasteiger partial charge in [-0.15, -0.1) is 0 Å². The van der Waals surface area contributed by atoms with E-state index in [2.05, 4.69) is 20.4 Å². The predicted molar refractivity (Wildman–Crippen MR) is 99.4 cm³/mol. The topological polar surface area (TPSA) is 95.6 Å². The number of amides is 1. The second-order valence-corrected chi connectivity index (χ2v) is 6.02. The largest absolute Gasteiger partial charge is 0.326 e. The number of rotatable bonds is 5. The Bertz CT molecular complexity index is 1110. The van der Waals surface area contributed by atoms with Crippen molar-refractivity contribution in [3.63, 3.8) is 0 Å². The van der Waals surface area contributed by atoms with Gasteiger partial charge in [0.05, 0.1) is 22.9 Å². The zero-order valence-electron chi connectivity index (χ0n) is 13.9. The number of hydrogen-bond acceptors (Lipinski definition) is 3. The number of aryl methyl sites for hydroxylation is 1. The average Bonchev–Trinajstić information content (AvgIpc) is 3.26. The summed E-state index contributed by atoms with van der Waals surface area (Å²) < 4.78 is 1.80. The molecule has 1 amide bonds. The van der Waals surface area contributed by atoms with E-state index in [0.717, 1.165) is 11.3 Å². The van der Waals surface area contributed by atoms with E-state index < -0.39 is 0 Å². The number of aromatic nitrogens is 4. The van der Waals surface area contributed by atoms with Gasteiger partial charge in [-0.3, -0.25) is 4.79 Å². The van der Waals surface area contributed by atoms with Crippen molar-refractivity contribution in [2.45, 2.75) is 12.8 Å². The summed E-state index contributed by atoms with van der Waals surface area (Å²) >= 11 is 0. The van der Waals surface area contributed by atoms with E-state index in [4.69, 9.17) is 0 Å². The fraction of sp³-hybridized carbons (Fsp3) is 0.105. The van der Waals surface area contributed by atoms with Crippen molar-refractivity contribution in [2.75, 3.05) is 5.32 Å². The Hall–Kier alpha value is -3.61. The van der Waals surface area contributed by atoms with E-state index in [1.54, 1.807) is 29.1 Å². The molecule has 7 heteroatoms. The number of imidazole rings is 1. The Morgan fingerprint density at radius 1 is 1.08 bits per heavy atom. The number of benzene rings is 2. The molecule has 0 aliphatic rings. The van der Waals surface area contributed by atoms with Gasteiger partial charge in [-0.1, -0.05) is 18.2 Å². The van der Waals surface area contributed by atoms with Crippen LogP contribution in [0.5, 0.6) is 0 Å². The van der Waals surface area contributed by atoms with E-state index in [1.807, 2.05) is 36.5 Å². The summed E-state index contributed by atoms with van der Waals surface area (Å²) in [6, 6.07) is 15.1. The van der Waals surface area contributed by atoms with Crippen LogP contribution in [0.25, 0.3) is 16.7 Å².